The maximum absolute atomic E-state index is 5.95. The number of benzene rings is 1. The molecule has 0 radical (unpaired) electrons. The van der Waals surface area contributed by atoms with Gasteiger partial charge in [0.2, 0.25) is 0 Å². The fraction of sp³-hybridized carbons (Fsp3) is 0.500. The average Bonchev–Trinajstić information content (AvgIpc) is 2.09. The molecule has 15 heavy (non-hydrogen) atoms. The van der Waals surface area contributed by atoms with Gasteiger partial charge in [-0.1, -0.05) is 20.8 Å². The molecule has 0 saturated carbocycles. The number of hydrogen-bond acceptors (Lipinski definition) is 2. The Morgan fingerprint density at radius 1 is 1.33 bits per heavy atom. The predicted octanol–water partition coefficient (Wildman–Crippen LogP) is 3.73. The van der Waals surface area contributed by atoms with Crippen molar-refractivity contribution in [2.45, 2.75) is 33.1 Å². The largest absolute Gasteiger partial charge is 0.491 e. The lowest BCUT2D eigenvalue weighted by Crippen LogP contribution is -2.12. The number of halogens is 1. The first-order valence-corrected chi connectivity index (χ1v) is 5.88. The first-order valence-electron chi connectivity index (χ1n) is 5.08. The van der Waals surface area contributed by atoms with Crippen LogP contribution in [0.25, 0.3) is 0 Å². The highest BCUT2D eigenvalue weighted by Crippen LogP contribution is 2.36. The van der Waals surface area contributed by atoms with Crippen molar-refractivity contribution in [3.8, 4) is 5.75 Å². The predicted molar refractivity (Wildman–Crippen MR) is 68.4 cm³/mol. The van der Waals surface area contributed by atoms with Crippen LogP contribution in [0.5, 0.6) is 5.75 Å². The minimum atomic E-state index is 0.0986. The first-order chi connectivity index (χ1) is 6.86. The summed E-state index contributed by atoms with van der Waals surface area (Å²) in [5.41, 5.74) is 7.94. The molecular weight excluding hydrogens is 254 g/mol. The second kappa shape index (κ2) is 4.44. The molecule has 0 bridgehead atoms. The topological polar surface area (TPSA) is 35.2 Å². The van der Waals surface area contributed by atoms with Crippen molar-refractivity contribution >= 4 is 21.6 Å². The molecule has 0 aliphatic rings. The third-order valence-electron chi connectivity index (χ3n) is 2.23. The Morgan fingerprint density at radius 3 is 2.33 bits per heavy atom. The summed E-state index contributed by atoms with van der Waals surface area (Å²) in [6.07, 6.45) is 0. The molecule has 1 aromatic rings. The van der Waals surface area contributed by atoms with Crippen LogP contribution in [0.1, 0.15) is 33.3 Å². The average molecular weight is 272 g/mol. The molecule has 0 aliphatic heterocycles. The van der Waals surface area contributed by atoms with Gasteiger partial charge in [0.1, 0.15) is 0 Å². The van der Waals surface area contributed by atoms with Crippen molar-refractivity contribution in [1.82, 2.24) is 0 Å². The number of nitrogens with two attached hydrogens (primary N) is 1. The first kappa shape index (κ1) is 12.4. The van der Waals surface area contributed by atoms with Crippen LogP contribution in [-0.4, -0.2) is 6.61 Å². The molecule has 0 aliphatic carbocycles. The van der Waals surface area contributed by atoms with Gasteiger partial charge in [0.05, 0.1) is 16.8 Å². The Morgan fingerprint density at radius 2 is 1.93 bits per heavy atom. The van der Waals surface area contributed by atoms with Crippen molar-refractivity contribution in [1.29, 1.82) is 0 Å². The van der Waals surface area contributed by atoms with Crippen LogP contribution in [0.15, 0.2) is 16.6 Å². The number of anilines is 1. The van der Waals surface area contributed by atoms with E-state index in [1.54, 1.807) is 0 Å². The van der Waals surface area contributed by atoms with Crippen LogP contribution in [0.2, 0.25) is 0 Å². The van der Waals surface area contributed by atoms with Crippen molar-refractivity contribution < 1.29 is 4.74 Å². The quantitative estimate of drug-likeness (QED) is 0.832. The molecule has 0 spiro atoms. The number of hydrogen-bond donors (Lipinski definition) is 1. The van der Waals surface area contributed by atoms with E-state index in [1.165, 1.54) is 5.56 Å². The molecule has 0 amide bonds. The van der Waals surface area contributed by atoms with E-state index in [2.05, 4.69) is 42.8 Å². The van der Waals surface area contributed by atoms with Crippen LogP contribution in [-0.2, 0) is 5.41 Å². The lowest BCUT2D eigenvalue weighted by molar-refractivity contribution is 0.339. The summed E-state index contributed by atoms with van der Waals surface area (Å²) in [6.45, 7) is 9.05. The zero-order valence-corrected chi connectivity index (χ0v) is 11.3. The van der Waals surface area contributed by atoms with Crippen LogP contribution in [0.3, 0.4) is 0 Å². The second-order valence-corrected chi connectivity index (χ2v) is 5.41. The molecule has 2 nitrogen and oxygen atoms in total. The number of ether oxygens (including phenoxy) is 1. The van der Waals surface area contributed by atoms with Gasteiger partial charge in [-0.05, 0) is 46.0 Å². The second-order valence-electron chi connectivity index (χ2n) is 4.56. The Labute approximate surface area is 99.9 Å². The summed E-state index contributed by atoms with van der Waals surface area (Å²) < 4.78 is 6.39. The lowest BCUT2D eigenvalue weighted by atomic mass is 9.87. The monoisotopic (exact) mass is 271 g/mol. The highest BCUT2D eigenvalue weighted by Gasteiger charge is 2.17. The van der Waals surface area contributed by atoms with E-state index in [1.807, 2.05) is 13.0 Å². The van der Waals surface area contributed by atoms with Gasteiger partial charge in [0.25, 0.3) is 0 Å². The maximum Gasteiger partial charge on any atom is 0.156 e. The molecule has 3 heteroatoms. The molecule has 0 atom stereocenters. The number of nitrogen functional groups attached to an aromatic ring is 1. The highest BCUT2D eigenvalue weighted by atomic mass is 79.9. The third-order valence-corrected chi connectivity index (χ3v) is 2.82. The van der Waals surface area contributed by atoms with Crippen LogP contribution in [0, 0.1) is 0 Å². The van der Waals surface area contributed by atoms with Crippen molar-refractivity contribution in [2.75, 3.05) is 12.3 Å². The molecule has 0 unspecified atom stereocenters. The van der Waals surface area contributed by atoms with Gasteiger partial charge in [-0.25, -0.2) is 0 Å². The van der Waals surface area contributed by atoms with E-state index in [9.17, 15) is 0 Å². The van der Waals surface area contributed by atoms with Gasteiger partial charge in [-0.3, -0.25) is 0 Å². The SMILES string of the molecule is CCOc1c(N)cc(C(C)(C)C)cc1Br. The Hall–Kier alpha value is -0.700. The zero-order chi connectivity index (χ0) is 11.6. The molecule has 2 N–H and O–H groups in total. The summed E-state index contributed by atoms with van der Waals surface area (Å²) in [6, 6.07) is 4.05. The van der Waals surface area contributed by atoms with E-state index < -0.39 is 0 Å². The van der Waals surface area contributed by atoms with Crippen LogP contribution in [0.4, 0.5) is 5.69 Å². The van der Waals surface area contributed by atoms with E-state index >= 15 is 0 Å². The van der Waals surface area contributed by atoms with Crippen molar-refractivity contribution in [3.05, 3.63) is 22.2 Å². The van der Waals surface area contributed by atoms with Crippen LogP contribution < -0.4 is 10.5 Å². The third kappa shape index (κ3) is 2.88. The molecule has 0 saturated heterocycles. The fourth-order valence-electron chi connectivity index (χ4n) is 1.34. The van der Waals surface area contributed by atoms with E-state index in [-0.39, 0.29) is 5.41 Å². The molecule has 0 heterocycles. The minimum absolute atomic E-state index is 0.0986. The Kier molecular flexibility index (Phi) is 3.66. The van der Waals surface area contributed by atoms with Crippen LogP contribution >= 0.6 is 15.9 Å². The summed E-state index contributed by atoms with van der Waals surface area (Å²) in [5, 5.41) is 0. The molecular formula is C12H18BrNO. The van der Waals surface area contributed by atoms with Gasteiger partial charge in [-0.2, -0.15) is 0 Å². The molecule has 0 fully saturated rings. The van der Waals surface area contributed by atoms with E-state index in [0.717, 1.165) is 10.2 Å². The molecule has 1 rings (SSSR count). The standard InChI is InChI=1S/C12H18BrNO/c1-5-15-11-9(13)6-8(7-10(11)14)12(2,3)4/h6-7H,5,14H2,1-4H3. The minimum Gasteiger partial charge on any atom is -0.491 e. The van der Waals surface area contributed by atoms with Gasteiger partial charge in [0, 0.05) is 0 Å². The summed E-state index contributed by atoms with van der Waals surface area (Å²) in [7, 11) is 0. The van der Waals surface area contributed by atoms with Crippen molar-refractivity contribution in [3.63, 3.8) is 0 Å². The highest BCUT2D eigenvalue weighted by molar-refractivity contribution is 9.10. The molecule has 0 aromatic heterocycles. The van der Waals surface area contributed by atoms with Crippen molar-refractivity contribution in [2.24, 2.45) is 0 Å². The van der Waals surface area contributed by atoms with Gasteiger partial charge >= 0.3 is 0 Å². The molecule has 84 valence electrons. The Bertz CT molecular complexity index is 332. The normalized spacial score (nSPS) is 11.5. The lowest BCUT2D eigenvalue weighted by Gasteiger charge is -2.21. The Balaban J connectivity index is 3.19. The fourth-order valence-corrected chi connectivity index (χ4v) is 1.93. The summed E-state index contributed by atoms with van der Waals surface area (Å²) in [5.74, 6) is 0.741. The zero-order valence-electron chi connectivity index (χ0n) is 9.73. The van der Waals surface area contributed by atoms with E-state index in [0.29, 0.717) is 12.3 Å². The maximum atomic E-state index is 5.95. The smallest absolute Gasteiger partial charge is 0.156 e. The van der Waals surface area contributed by atoms with E-state index in [4.69, 9.17) is 10.5 Å². The molecule has 1 aromatic carbocycles. The summed E-state index contributed by atoms with van der Waals surface area (Å²) in [4.78, 5) is 0. The number of rotatable bonds is 2. The van der Waals surface area contributed by atoms with Gasteiger partial charge in [0.15, 0.2) is 5.75 Å². The van der Waals surface area contributed by atoms with Gasteiger partial charge < -0.3 is 10.5 Å². The summed E-state index contributed by atoms with van der Waals surface area (Å²) >= 11 is 3.49. The van der Waals surface area contributed by atoms with Gasteiger partial charge in [-0.15, -0.1) is 0 Å².